The zero-order chi connectivity index (χ0) is 19.3. The Morgan fingerprint density at radius 3 is 2.23 bits per heavy atom. The molecule has 0 saturated heterocycles. The highest BCUT2D eigenvalue weighted by atomic mass is 35.5. The summed E-state index contributed by atoms with van der Waals surface area (Å²) in [5, 5.41) is 3.67. The summed E-state index contributed by atoms with van der Waals surface area (Å²) in [6.45, 7) is 5.75. The topological polar surface area (TPSA) is 49.4 Å². The molecule has 0 fully saturated rings. The maximum Gasteiger partial charge on any atom is 0.226 e. The molecule has 0 saturated carbocycles. The maximum atomic E-state index is 12.4. The summed E-state index contributed by atoms with van der Waals surface area (Å²) in [4.78, 5) is 25.9. The van der Waals surface area contributed by atoms with Gasteiger partial charge in [-0.25, -0.2) is 0 Å². The fourth-order valence-electron chi connectivity index (χ4n) is 2.71. The van der Waals surface area contributed by atoms with Crippen LogP contribution in [-0.2, 0) is 9.59 Å². The largest absolute Gasteiger partial charge is 0.326 e. The van der Waals surface area contributed by atoms with Crippen LogP contribution in [0.2, 0.25) is 10.0 Å². The van der Waals surface area contributed by atoms with Crippen molar-refractivity contribution in [2.45, 2.75) is 33.1 Å². The van der Waals surface area contributed by atoms with Gasteiger partial charge >= 0.3 is 0 Å². The van der Waals surface area contributed by atoms with E-state index >= 15 is 0 Å². The summed E-state index contributed by atoms with van der Waals surface area (Å²) in [6, 6.07) is 12.7. The predicted molar refractivity (Wildman–Crippen MR) is 108 cm³/mol. The first-order valence-electron chi connectivity index (χ1n) is 8.42. The highest BCUT2D eigenvalue weighted by Crippen LogP contribution is 2.33. The molecule has 0 heterocycles. The van der Waals surface area contributed by atoms with Gasteiger partial charge in [-0.1, -0.05) is 61.3 Å². The van der Waals surface area contributed by atoms with Gasteiger partial charge in [-0.3, -0.25) is 9.59 Å². The van der Waals surface area contributed by atoms with Crippen molar-refractivity contribution in [3.8, 4) is 0 Å². The Morgan fingerprint density at radius 1 is 1.04 bits per heavy atom. The second kappa shape index (κ2) is 9.06. The molecule has 0 spiro atoms. The Labute approximate surface area is 164 Å². The Balaban J connectivity index is 2.11. The molecule has 0 aliphatic heterocycles. The molecular formula is C20H22Cl2N2O2. The van der Waals surface area contributed by atoms with E-state index in [1.54, 1.807) is 18.2 Å². The molecule has 2 rings (SSSR count). The van der Waals surface area contributed by atoms with E-state index in [0.717, 1.165) is 11.3 Å². The lowest BCUT2D eigenvalue weighted by Crippen LogP contribution is -2.32. The minimum absolute atomic E-state index is 0.133. The van der Waals surface area contributed by atoms with Gasteiger partial charge in [0.1, 0.15) is 0 Å². The Kier molecular flexibility index (Phi) is 7.06. The van der Waals surface area contributed by atoms with Gasteiger partial charge in [0, 0.05) is 25.6 Å². The molecule has 0 aliphatic rings. The van der Waals surface area contributed by atoms with E-state index in [2.05, 4.69) is 19.2 Å². The molecule has 0 radical (unpaired) electrons. The summed E-state index contributed by atoms with van der Waals surface area (Å²) in [5.41, 5.74) is 2.29. The molecule has 0 atom stereocenters. The average Bonchev–Trinajstić information content (AvgIpc) is 2.57. The second-order valence-corrected chi connectivity index (χ2v) is 7.10. The number of hydrogen-bond donors (Lipinski definition) is 1. The van der Waals surface area contributed by atoms with E-state index in [9.17, 15) is 9.59 Å². The van der Waals surface area contributed by atoms with Gasteiger partial charge in [0.05, 0.1) is 15.7 Å². The number of carbonyl (C=O) groups is 2. The molecule has 2 aromatic rings. The monoisotopic (exact) mass is 392 g/mol. The first-order valence-corrected chi connectivity index (χ1v) is 9.17. The molecule has 26 heavy (non-hydrogen) atoms. The minimum Gasteiger partial charge on any atom is -0.326 e. The lowest BCUT2D eigenvalue weighted by Gasteiger charge is -2.23. The van der Waals surface area contributed by atoms with Gasteiger partial charge in [0.15, 0.2) is 0 Å². The second-order valence-electron chi connectivity index (χ2n) is 6.28. The standard InChI is InChI=1S/C20H22Cl2N2O2/c1-13(2)15-7-4-5-10-18(15)23-19(26)11-12-24(14(3)25)20-16(21)8-6-9-17(20)22/h4-10,13H,11-12H2,1-3H3,(H,23,26). The van der Waals surface area contributed by atoms with Crippen molar-refractivity contribution in [3.63, 3.8) is 0 Å². The smallest absolute Gasteiger partial charge is 0.226 e. The molecular weight excluding hydrogens is 371 g/mol. The molecule has 1 N–H and O–H groups in total. The number of nitrogens with one attached hydrogen (secondary N) is 1. The normalized spacial score (nSPS) is 10.7. The highest BCUT2D eigenvalue weighted by Gasteiger charge is 2.19. The fourth-order valence-corrected chi connectivity index (χ4v) is 3.32. The van der Waals surface area contributed by atoms with Crippen LogP contribution in [0.25, 0.3) is 0 Å². The molecule has 0 bridgehead atoms. The first kappa shape index (κ1) is 20.3. The zero-order valence-electron chi connectivity index (χ0n) is 15.1. The third kappa shape index (κ3) is 4.99. The highest BCUT2D eigenvalue weighted by molar-refractivity contribution is 6.39. The summed E-state index contributed by atoms with van der Waals surface area (Å²) >= 11 is 12.4. The van der Waals surface area contributed by atoms with Crippen molar-refractivity contribution in [2.24, 2.45) is 0 Å². The Morgan fingerprint density at radius 2 is 1.65 bits per heavy atom. The van der Waals surface area contributed by atoms with Crippen LogP contribution in [0.3, 0.4) is 0 Å². The number of para-hydroxylation sites is 2. The fraction of sp³-hybridized carbons (Fsp3) is 0.300. The Hall–Kier alpha value is -2.04. The van der Waals surface area contributed by atoms with Crippen LogP contribution < -0.4 is 10.2 Å². The number of anilines is 2. The third-order valence-corrected chi connectivity index (χ3v) is 4.62. The van der Waals surface area contributed by atoms with Crippen molar-refractivity contribution in [1.29, 1.82) is 0 Å². The molecule has 138 valence electrons. The summed E-state index contributed by atoms with van der Waals surface area (Å²) < 4.78 is 0. The third-order valence-electron chi connectivity index (χ3n) is 4.01. The van der Waals surface area contributed by atoms with Crippen molar-refractivity contribution >= 4 is 46.4 Å². The molecule has 0 aromatic heterocycles. The summed E-state index contributed by atoms with van der Waals surface area (Å²) in [5.74, 6) is -0.106. The predicted octanol–water partition coefficient (Wildman–Crippen LogP) is 5.50. The Bertz CT molecular complexity index is 786. The molecule has 2 amide bonds. The molecule has 0 unspecified atom stereocenters. The number of nitrogens with zero attached hydrogens (tertiary/aromatic N) is 1. The minimum atomic E-state index is -0.226. The van der Waals surface area contributed by atoms with Gasteiger partial charge in [0.2, 0.25) is 11.8 Å². The van der Waals surface area contributed by atoms with Gasteiger partial charge < -0.3 is 10.2 Å². The first-order chi connectivity index (χ1) is 12.3. The average molecular weight is 393 g/mol. The van der Waals surface area contributed by atoms with E-state index in [1.807, 2.05) is 24.3 Å². The molecule has 0 aliphatic carbocycles. The van der Waals surface area contributed by atoms with Crippen LogP contribution in [0.15, 0.2) is 42.5 Å². The maximum absolute atomic E-state index is 12.4. The number of hydrogen-bond acceptors (Lipinski definition) is 2. The van der Waals surface area contributed by atoms with Crippen molar-refractivity contribution in [2.75, 3.05) is 16.8 Å². The lowest BCUT2D eigenvalue weighted by atomic mass is 10.0. The van der Waals surface area contributed by atoms with Crippen molar-refractivity contribution in [3.05, 3.63) is 58.1 Å². The molecule has 4 nitrogen and oxygen atoms in total. The van der Waals surface area contributed by atoms with Crippen LogP contribution in [0, 0.1) is 0 Å². The van der Waals surface area contributed by atoms with Gasteiger partial charge in [-0.05, 0) is 29.7 Å². The number of rotatable bonds is 6. The van der Waals surface area contributed by atoms with Crippen LogP contribution >= 0.6 is 23.2 Å². The lowest BCUT2D eigenvalue weighted by molar-refractivity contribution is -0.117. The van der Waals surface area contributed by atoms with E-state index < -0.39 is 0 Å². The van der Waals surface area contributed by atoms with E-state index in [0.29, 0.717) is 21.7 Å². The number of amides is 2. The quantitative estimate of drug-likeness (QED) is 0.705. The van der Waals surface area contributed by atoms with Crippen LogP contribution in [0.4, 0.5) is 11.4 Å². The van der Waals surface area contributed by atoms with Gasteiger partial charge in [-0.15, -0.1) is 0 Å². The van der Waals surface area contributed by atoms with Crippen LogP contribution in [-0.4, -0.2) is 18.4 Å². The van der Waals surface area contributed by atoms with Gasteiger partial charge in [0.25, 0.3) is 0 Å². The number of benzene rings is 2. The van der Waals surface area contributed by atoms with Crippen LogP contribution in [0.1, 0.15) is 38.7 Å². The van der Waals surface area contributed by atoms with Crippen LogP contribution in [0.5, 0.6) is 0 Å². The van der Waals surface area contributed by atoms with Crippen molar-refractivity contribution in [1.82, 2.24) is 0 Å². The van der Waals surface area contributed by atoms with Crippen molar-refractivity contribution < 1.29 is 9.59 Å². The number of carbonyl (C=O) groups excluding carboxylic acids is 2. The number of halogens is 2. The van der Waals surface area contributed by atoms with E-state index in [1.165, 1.54) is 11.8 Å². The summed E-state index contributed by atoms with van der Waals surface area (Å²) in [6.07, 6.45) is 0.133. The molecule has 2 aromatic carbocycles. The summed E-state index contributed by atoms with van der Waals surface area (Å²) in [7, 11) is 0. The van der Waals surface area contributed by atoms with Gasteiger partial charge in [-0.2, -0.15) is 0 Å². The SMILES string of the molecule is CC(=O)N(CCC(=O)Nc1ccccc1C(C)C)c1c(Cl)cccc1Cl. The molecule has 6 heteroatoms. The van der Waals surface area contributed by atoms with E-state index in [4.69, 9.17) is 23.2 Å². The van der Waals surface area contributed by atoms with E-state index in [-0.39, 0.29) is 24.8 Å². The zero-order valence-corrected chi connectivity index (χ0v) is 16.6.